The molecule has 45 heavy (non-hydrogen) atoms. The Hall–Kier alpha value is -3.57. The van der Waals surface area contributed by atoms with Crippen LogP contribution in [0, 0.1) is 0 Å². The van der Waals surface area contributed by atoms with Gasteiger partial charge in [-0.25, -0.2) is 8.42 Å². The molecule has 3 aromatic carbocycles. The first-order chi connectivity index (χ1) is 21.7. The second kappa shape index (κ2) is 15.1. The topological polar surface area (TPSA) is 105 Å². The average Bonchev–Trinajstić information content (AvgIpc) is 3.49. The lowest BCUT2D eigenvalue weighted by atomic mass is 9.94. The number of halogens is 1. The first kappa shape index (κ1) is 32.8. The first-order valence-electron chi connectivity index (χ1n) is 15.4. The van der Waals surface area contributed by atoms with E-state index in [1.165, 1.54) is 10.7 Å². The van der Waals surface area contributed by atoms with Gasteiger partial charge in [-0.05, 0) is 54.7 Å². The van der Waals surface area contributed by atoms with Crippen LogP contribution in [0.25, 0.3) is 0 Å². The zero-order chi connectivity index (χ0) is 31.8. The molecule has 3 aromatic rings. The highest BCUT2D eigenvalue weighted by Gasteiger charge is 2.32. The van der Waals surface area contributed by atoms with E-state index in [1.54, 1.807) is 23.1 Å². The number of carbonyl (C=O) groups is 2. The van der Waals surface area contributed by atoms with E-state index in [4.69, 9.17) is 9.47 Å². The van der Waals surface area contributed by atoms with Gasteiger partial charge in [0.2, 0.25) is 28.6 Å². The van der Waals surface area contributed by atoms with Gasteiger partial charge in [-0.1, -0.05) is 77.7 Å². The number of carbonyl (C=O) groups excluding carboxylic acids is 2. The average molecular weight is 699 g/mol. The maximum atomic E-state index is 14.1. The molecule has 9 nitrogen and oxygen atoms in total. The van der Waals surface area contributed by atoms with Gasteiger partial charge in [-0.2, -0.15) is 0 Å². The van der Waals surface area contributed by atoms with E-state index in [0.29, 0.717) is 23.6 Å². The molecular weight excluding hydrogens is 658 g/mol. The van der Waals surface area contributed by atoms with Gasteiger partial charge < -0.3 is 19.7 Å². The fourth-order valence-electron chi connectivity index (χ4n) is 5.97. The van der Waals surface area contributed by atoms with Crippen molar-refractivity contribution < 1.29 is 27.5 Å². The van der Waals surface area contributed by atoms with E-state index in [1.807, 2.05) is 54.6 Å². The summed E-state index contributed by atoms with van der Waals surface area (Å²) >= 11 is 3.53. The van der Waals surface area contributed by atoms with Crippen molar-refractivity contribution in [3.05, 3.63) is 88.4 Å². The largest absolute Gasteiger partial charge is 0.454 e. The van der Waals surface area contributed by atoms with Crippen molar-refractivity contribution in [1.29, 1.82) is 0 Å². The van der Waals surface area contributed by atoms with Crippen LogP contribution in [0.1, 0.15) is 56.1 Å². The summed E-state index contributed by atoms with van der Waals surface area (Å²) in [6.07, 6.45) is 7.03. The molecule has 0 radical (unpaired) electrons. The third-order valence-electron chi connectivity index (χ3n) is 8.26. The summed E-state index contributed by atoms with van der Waals surface area (Å²) < 4.78 is 38.6. The Labute approximate surface area is 274 Å². The molecule has 0 spiro atoms. The highest BCUT2D eigenvalue weighted by molar-refractivity contribution is 9.10. The van der Waals surface area contributed by atoms with Crippen LogP contribution < -0.4 is 19.1 Å². The van der Waals surface area contributed by atoms with Gasteiger partial charge in [-0.3, -0.25) is 13.9 Å². The number of sulfonamides is 1. The van der Waals surface area contributed by atoms with Gasteiger partial charge in [0.05, 0.1) is 11.9 Å². The zero-order valence-corrected chi connectivity index (χ0v) is 27.9. The van der Waals surface area contributed by atoms with Crippen LogP contribution in [-0.4, -0.2) is 56.8 Å². The molecule has 0 bridgehead atoms. The summed E-state index contributed by atoms with van der Waals surface area (Å²) in [5, 5.41) is 3.26. The molecule has 2 aliphatic rings. The fourth-order valence-corrected chi connectivity index (χ4v) is 7.38. The summed E-state index contributed by atoms with van der Waals surface area (Å²) in [5.74, 6) is 0.660. The number of anilines is 1. The van der Waals surface area contributed by atoms with E-state index in [0.717, 1.165) is 47.5 Å². The minimum atomic E-state index is -3.65. The number of hydrogen-bond donors (Lipinski definition) is 1. The van der Waals surface area contributed by atoms with Gasteiger partial charge in [-0.15, -0.1) is 0 Å². The standard InChI is InChI=1S/C34H40BrN3O6S/c1-45(41,42)38(29-17-18-31-32(22-29)44-24-43-31)19-9-16-33(39)37(23-26-12-8-13-27(35)20-26)30(21-25-10-4-2-5-11-25)34(40)36-28-14-6-3-7-15-28/h2,4-5,8,10-13,17-18,20,22,28,30H,3,6-7,9,14-16,19,21,23-24H2,1H3,(H,36,40). The molecule has 2 amide bonds. The van der Waals surface area contributed by atoms with Crippen LogP contribution in [0.3, 0.4) is 0 Å². The highest BCUT2D eigenvalue weighted by Crippen LogP contribution is 2.36. The lowest BCUT2D eigenvalue weighted by molar-refractivity contribution is -0.141. The Morgan fingerprint density at radius 1 is 0.933 bits per heavy atom. The Morgan fingerprint density at radius 2 is 1.67 bits per heavy atom. The molecule has 1 unspecified atom stereocenters. The summed E-state index contributed by atoms with van der Waals surface area (Å²) in [7, 11) is -3.65. The van der Waals surface area contributed by atoms with Crippen molar-refractivity contribution in [3.63, 3.8) is 0 Å². The molecule has 11 heteroatoms. The van der Waals surface area contributed by atoms with E-state index in [-0.39, 0.29) is 50.6 Å². The number of nitrogens with zero attached hydrogens (tertiary/aromatic N) is 2. The van der Waals surface area contributed by atoms with E-state index >= 15 is 0 Å². The Morgan fingerprint density at radius 3 is 2.40 bits per heavy atom. The summed E-state index contributed by atoms with van der Waals surface area (Å²) in [6.45, 7) is 0.414. The van der Waals surface area contributed by atoms with Crippen molar-refractivity contribution in [2.75, 3.05) is 23.9 Å². The molecule has 1 atom stereocenters. The van der Waals surface area contributed by atoms with Crippen LogP contribution >= 0.6 is 15.9 Å². The normalized spacial score (nSPS) is 15.3. The molecule has 1 N–H and O–H groups in total. The van der Waals surface area contributed by atoms with Crippen molar-refractivity contribution in [2.24, 2.45) is 0 Å². The van der Waals surface area contributed by atoms with E-state index in [2.05, 4.69) is 21.2 Å². The Bertz CT molecular complexity index is 1580. The SMILES string of the molecule is CS(=O)(=O)N(CCCC(=O)N(Cc1cccc(Br)c1)C(Cc1ccccc1)C(=O)NC1CCCCC1)c1ccc2c(c1)OCO2. The first-order valence-corrected chi connectivity index (χ1v) is 18.1. The number of hydrogen-bond acceptors (Lipinski definition) is 6. The van der Waals surface area contributed by atoms with Gasteiger partial charge in [0, 0.05) is 42.5 Å². The maximum Gasteiger partial charge on any atom is 0.243 e. The van der Waals surface area contributed by atoms with Crippen LogP contribution in [0.15, 0.2) is 77.3 Å². The molecule has 0 saturated heterocycles. The second-order valence-corrected chi connectivity index (χ2v) is 14.5. The lowest BCUT2D eigenvalue weighted by Crippen LogP contribution is -2.52. The van der Waals surface area contributed by atoms with Crippen LogP contribution in [0.2, 0.25) is 0 Å². The van der Waals surface area contributed by atoms with Crippen molar-refractivity contribution in [1.82, 2.24) is 10.2 Å². The molecule has 0 aromatic heterocycles. The third kappa shape index (κ3) is 9.00. The minimum absolute atomic E-state index is 0.0621. The number of ether oxygens (including phenoxy) is 2. The molecule has 240 valence electrons. The lowest BCUT2D eigenvalue weighted by Gasteiger charge is -2.34. The number of nitrogens with one attached hydrogen (secondary N) is 1. The summed E-state index contributed by atoms with van der Waals surface area (Å²) in [6, 6.07) is 21.8. The fraction of sp³-hybridized carbons (Fsp3) is 0.412. The maximum absolute atomic E-state index is 14.1. The van der Waals surface area contributed by atoms with Gasteiger partial charge in [0.25, 0.3) is 0 Å². The van der Waals surface area contributed by atoms with Gasteiger partial charge >= 0.3 is 0 Å². The summed E-state index contributed by atoms with van der Waals surface area (Å²) in [5.41, 5.74) is 2.28. The third-order valence-corrected chi connectivity index (χ3v) is 9.95. The Kier molecular flexibility index (Phi) is 11.0. The quantitative estimate of drug-likeness (QED) is 0.242. The molecular formula is C34H40BrN3O6S. The second-order valence-electron chi connectivity index (χ2n) is 11.7. The minimum Gasteiger partial charge on any atom is -0.454 e. The van der Waals surface area contributed by atoms with E-state index < -0.39 is 16.1 Å². The van der Waals surface area contributed by atoms with E-state index in [9.17, 15) is 18.0 Å². The van der Waals surface area contributed by atoms with Crippen molar-refractivity contribution in [2.45, 2.75) is 70.0 Å². The number of benzene rings is 3. The molecule has 1 aliphatic carbocycles. The van der Waals surface area contributed by atoms with Crippen LogP contribution in [0.5, 0.6) is 11.5 Å². The summed E-state index contributed by atoms with van der Waals surface area (Å²) in [4.78, 5) is 29.8. The Balaban J connectivity index is 1.38. The van der Waals surface area contributed by atoms with Crippen molar-refractivity contribution in [3.8, 4) is 11.5 Å². The highest BCUT2D eigenvalue weighted by atomic mass is 79.9. The number of fused-ring (bicyclic) bond motifs is 1. The molecule has 1 fully saturated rings. The molecule has 1 saturated carbocycles. The predicted molar refractivity (Wildman–Crippen MR) is 178 cm³/mol. The van der Waals surface area contributed by atoms with Crippen LogP contribution in [-0.2, 0) is 32.6 Å². The van der Waals surface area contributed by atoms with Crippen molar-refractivity contribution >= 4 is 43.5 Å². The number of amides is 2. The molecule has 1 aliphatic heterocycles. The smallest absolute Gasteiger partial charge is 0.243 e. The predicted octanol–water partition coefficient (Wildman–Crippen LogP) is 5.81. The monoisotopic (exact) mass is 697 g/mol. The van der Waals surface area contributed by atoms with Gasteiger partial charge in [0.1, 0.15) is 6.04 Å². The molecule has 1 heterocycles. The number of rotatable bonds is 13. The molecule has 5 rings (SSSR count). The van der Waals surface area contributed by atoms with Crippen LogP contribution in [0.4, 0.5) is 5.69 Å². The van der Waals surface area contributed by atoms with Gasteiger partial charge in [0.15, 0.2) is 11.5 Å². The zero-order valence-electron chi connectivity index (χ0n) is 25.5.